The molecule has 3 fully saturated rings. The third kappa shape index (κ3) is 2.54. The molecule has 3 aliphatic carbocycles. The van der Waals surface area contributed by atoms with E-state index in [1.54, 1.807) is 6.26 Å². The number of imidazole rings is 1. The number of benzene rings is 2. The average molecular weight is 531 g/mol. The molecule has 3 heterocycles. The van der Waals surface area contributed by atoms with E-state index in [2.05, 4.69) is 76.5 Å². The molecule has 3 saturated carbocycles. The number of halogens is 1. The van der Waals surface area contributed by atoms with Crippen LogP contribution in [0, 0.1) is 9.49 Å². The molecule has 32 heavy (non-hydrogen) atoms. The van der Waals surface area contributed by atoms with Crippen LogP contribution in [0.2, 0.25) is 0 Å². The average Bonchev–Trinajstić information content (AvgIpc) is 3.38. The van der Waals surface area contributed by atoms with Gasteiger partial charge in [-0.2, -0.15) is 0 Å². The number of hydrogen-bond acceptors (Lipinski definition) is 3. The van der Waals surface area contributed by atoms with E-state index in [0.29, 0.717) is 5.41 Å². The van der Waals surface area contributed by atoms with Crippen LogP contribution in [0.25, 0.3) is 17.1 Å². The number of nitrogens with zero attached hydrogens (tertiary/aromatic N) is 3. The molecule has 2 aromatic carbocycles. The Morgan fingerprint density at radius 3 is 2.59 bits per heavy atom. The lowest BCUT2D eigenvalue weighted by Crippen LogP contribution is -2.55. The Kier molecular flexibility index (Phi) is 3.93. The topological polar surface area (TPSA) is 43.3 Å². The Hall–Kier alpha value is -2.67. The van der Waals surface area contributed by atoms with Crippen LogP contribution in [0.1, 0.15) is 54.6 Å². The van der Waals surface area contributed by atoms with Crippen molar-refractivity contribution in [1.29, 1.82) is 0 Å². The summed E-state index contributed by atoms with van der Waals surface area (Å²) in [6.45, 7) is 2.16. The van der Waals surface area contributed by atoms with Crippen LogP contribution < -0.4 is 0 Å². The fourth-order valence-corrected chi connectivity index (χ4v) is 6.48. The second-order valence-corrected chi connectivity index (χ2v) is 10.6. The molecular weight excluding hydrogens is 509 g/mol. The molecule has 8 rings (SSSR count). The van der Waals surface area contributed by atoms with Gasteiger partial charge >= 0.3 is 0 Å². The van der Waals surface area contributed by atoms with Gasteiger partial charge in [-0.25, -0.2) is 4.98 Å². The van der Waals surface area contributed by atoms with Crippen molar-refractivity contribution >= 4 is 28.3 Å². The Labute approximate surface area is 200 Å². The summed E-state index contributed by atoms with van der Waals surface area (Å²) in [5, 5.41) is 0. The molecule has 158 valence electrons. The number of rotatable bonds is 3. The van der Waals surface area contributed by atoms with E-state index >= 15 is 0 Å². The number of hydrogen-bond donors (Lipinski definition) is 0. The lowest BCUT2D eigenvalue weighted by molar-refractivity contribution is -0.0274. The molecule has 0 saturated heterocycles. The summed E-state index contributed by atoms with van der Waals surface area (Å²) in [5.41, 5.74) is 8.41. The molecule has 1 atom stereocenters. The maximum Gasteiger partial charge on any atom is 0.154 e. The van der Waals surface area contributed by atoms with Gasteiger partial charge in [-0.05, 0) is 96.0 Å². The molecule has 2 bridgehead atoms. The van der Waals surface area contributed by atoms with Crippen LogP contribution in [0.5, 0.6) is 0 Å². The largest absolute Gasteiger partial charge is 0.463 e. The van der Waals surface area contributed by atoms with Crippen LogP contribution in [0.3, 0.4) is 0 Å². The van der Waals surface area contributed by atoms with Gasteiger partial charge < -0.3 is 4.42 Å². The second-order valence-electron chi connectivity index (χ2n) is 9.45. The van der Waals surface area contributed by atoms with Crippen LogP contribution in [0.15, 0.2) is 76.6 Å². The van der Waals surface area contributed by atoms with E-state index in [1.807, 2.05) is 18.5 Å². The molecule has 0 unspecified atom stereocenters. The first kappa shape index (κ1) is 18.9. The molecule has 1 aliphatic heterocycles. The monoisotopic (exact) mass is 531 g/mol. The predicted molar refractivity (Wildman–Crippen MR) is 133 cm³/mol. The van der Waals surface area contributed by atoms with Crippen molar-refractivity contribution in [1.82, 2.24) is 9.55 Å². The van der Waals surface area contributed by atoms with E-state index in [9.17, 15) is 0 Å². The third-order valence-electron chi connectivity index (χ3n) is 7.57. The molecule has 4 aromatic rings. The smallest absolute Gasteiger partial charge is 0.154 e. The number of aromatic nitrogens is 2. The van der Waals surface area contributed by atoms with Gasteiger partial charge in [-0.1, -0.05) is 24.3 Å². The van der Waals surface area contributed by atoms with Crippen LogP contribution >= 0.6 is 22.6 Å². The zero-order valence-corrected chi connectivity index (χ0v) is 19.9. The van der Waals surface area contributed by atoms with E-state index in [-0.39, 0.29) is 6.04 Å². The fourth-order valence-electron chi connectivity index (χ4n) is 5.84. The van der Waals surface area contributed by atoms with Crippen molar-refractivity contribution in [2.75, 3.05) is 0 Å². The van der Waals surface area contributed by atoms with Gasteiger partial charge in [0.1, 0.15) is 12.0 Å². The molecule has 0 radical (unpaired) electrons. The molecule has 0 amide bonds. The first-order valence-electron chi connectivity index (χ1n) is 11.2. The molecular formula is C27H22IN3O. The molecule has 0 spiro atoms. The van der Waals surface area contributed by atoms with Crippen molar-refractivity contribution in [3.05, 3.63) is 93.1 Å². The molecule has 4 nitrogen and oxygen atoms in total. The van der Waals surface area contributed by atoms with Crippen molar-refractivity contribution in [2.24, 2.45) is 10.9 Å². The Morgan fingerprint density at radius 1 is 1.03 bits per heavy atom. The minimum atomic E-state index is -0.0607. The molecule has 5 heteroatoms. The minimum absolute atomic E-state index is 0.0607. The second kappa shape index (κ2) is 6.67. The SMILES string of the molecule is C[C@@H]1N=C(c2ccccc2I)c2cc(C34CC(C3)C4)ccc2-n2cnc(-c3ccco3)c21. The summed E-state index contributed by atoms with van der Waals surface area (Å²) in [6, 6.07) is 19.4. The molecule has 2 aromatic heterocycles. The Morgan fingerprint density at radius 2 is 1.88 bits per heavy atom. The minimum Gasteiger partial charge on any atom is -0.463 e. The van der Waals surface area contributed by atoms with Gasteiger partial charge in [0.15, 0.2) is 5.76 Å². The lowest BCUT2D eigenvalue weighted by atomic mass is 9.42. The highest BCUT2D eigenvalue weighted by Gasteiger charge is 2.57. The molecule has 0 N–H and O–H groups in total. The summed E-state index contributed by atoms with van der Waals surface area (Å²) in [4.78, 5) is 10.1. The van der Waals surface area contributed by atoms with Crippen LogP contribution in [-0.2, 0) is 5.41 Å². The van der Waals surface area contributed by atoms with Gasteiger partial charge in [0.25, 0.3) is 0 Å². The number of furan rings is 1. The zero-order valence-electron chi connectivity index (χ0n) is 17.8. The van der Waals surface area contributed by atoms with E-state index in [0.717, 1.165) is 34.5 Å². The van der Waals surface area contributed by atoms with Crippen molar-refractivity contribution in [2.45, 2.75) is 37.6 Å². The van der Waals surface area contributed by atoms with E-state index in [1.165, 1.54) is 39.5 Å². The van der Waals surface area contributed by atoms with E-state index in [4.69, 9.17) is 14.4 Å². The van der Waals surface area contributed by atoms with Crippen LogP contribution in [0.4, 0.5) is 0 Å². The normalized spacial score (nSPS) is 25.1. The zero-order chi connectivity index (χ0) is 21.4. The first-order valence-corrected chi connectivity index (χ1v) is 12.3. The van der Waals surface area contributed by atoms with Crippen molar-refractivity contribution in [3.8, 4) is 17.1 Å². The molecule has 4 aliphatic rings. The predicted octanol–water partition coefficient (Wildman–Crippen LogP) is 6.70. The summed E-state index contributed by atoms with van der Waals surface area (Å²) in [7, 11) is 0. The van der Waals surface area contributed by atoms with Gasteiger partial charge in [0.2, 0.25) is 0 Å². The van der Waals surface area contributed by atoms with Gasteiger partial charge in [-0.15, -0.1) is 0 Å². The summed E-state index contributed by atoms with van der Waals surface area (Å²) in [6.07, 6.45) is 7.66. The highest BCUT2D eigenvalue weighted by molar-refractivity contribution is 14.1. The van der Waals surface area contributed by atoms with Gasteiger partial charge in [0, 0.05) is 14.7 Å². The summed E-state index contributed by atoms with van der Waals surface area (Å²) < 4.78 is 9.15. The fraction of sp³-hybridized carbons (Fsp3) is 0.259. The van der Waals surface area contributed by atoms with Crippen LogP contribution in [-0.4, -0.2) is 15.3 Å². The quantitative estimate of drug-likeness (QED) is 0.276. The van der Waals surface area contributed by atoms with Crippen molar-refractivity contribution in [3.63, 3.8) is 0 Å². The first-order chi connectivity index (χ1) is 15.6. The maximum atomic E-state index is 5.72. The summed E-state index contributed by atoms with van der Waals surface area (Å²) in [5.74, 6) is 1.73. The Bertz CT molecular complexity index is 1380. The lowest BCUT2D eigenvalue weighted by Gasteiger charge is -2.62. The Balaban J connectivity index is 1.49. The third-order valence-corrected chi connectivity index (χ3v) is 8.51. The number of aliphatic imine (C=N–C) groups is 1. The van der Waals surface area contributed by atoms with Gasteiger partial charge in [-0.3, -0.25) is 9.56 Å². The van der Waals surface area contributed by atoms with E-state index < -0.39 is 0 Å². The van der Waals surface area contributed by atoms with Crippen molar-refractivity contribution < 1.29 is 4.42 Å². The maximum absolute atomic E-state index is 5.72. The highest BCUT2D eigenvalue weighted by atomic mass is 127. The number of fused-ring (bicyclic) bond motifs is 3. The summed E-state index contributed by atoms with van der Waals surface area (Å²) >= 11 is 2.43. The standard InChI is InChI=1S/C27H22IN3O/c1-16-26-25(23-7-4-10-32-23)29-15-31(26)22-9-8-18(27-12-17(13-27)14-27)11-20(22)24(30-16)19-5-2-3-6-21(19)28/h2-11,15-17H,12-14H2,1H3/t16-,17?,27?/m0/s1. The van der Waals surface area contributed by atoms with Gasteiger partial charge in [0.05, 0.1) is 29.4 Å². The highest BCUT2D eigenvalue weighted by Crippen LogP contribution is 2.65.